The zero-order chi connectivity index (χ0) is 13.6. The van der Waals surface area contributed by atoms with Gasteiger partial charge in [-0.15, -0.1) is 0 Å². The van der Waals surface area contributed by atoms with Gasteiger partial charge in [-0.25, -0.2) is 0 Å². The van der Waals surface area contributed by atoms with E-state index in [4.69, 9.17) is 32.1 Å². The molecule has 0 aromatic rings. The molecule has 8 heteroatoms. The van der Waals surface area contributed by atoms with Gasteiger partial charge in [0.15, 0.2) is 0 Å². The molecule has 0 rings (SSSR count). The van der Waals surface area contributed by atoms with Crippen LogP contribution < -0.4 is 0 Å². The second kappa shape index (κ2) is 13.8. The Morgan fingerprint density at radius 3 is 1.82 bits per heavy atom. The summed E-state index contributed by atoms with van der Waals surface area (Å²) in [6, 6.07) is 0. The van der Waals surface area contributed by atoms with Gasteiger partial charge in [-0.3, -0.25) is 9.11 Å². The van der Waals surface area contributed by atoms with Gasteiger partial charge in [-0.05, 0) is 6.42 Å². The Hall–Kier alpha value is -0.250. The fraction of sp³-hybridized carbons (Fsp3) is 1.00. The highest BCUT2D eigenvalue weighted by atomic mass is 32.3. The molecule has 106 valence electrons. The molecule has 0 aliphatic heterocycles. The number of rotatable bonds is 9. The van der Waals surface area contributed by atoms with Crippen molar-refractivity contribution in [2.24, 2.45) is 0 Å². The maximum atomic E-state index is 8.74. The predicted octanol–water partition coefficient (Wildman–Crippen LogP) is 0.549. The van der Waals surface area contributed by atoms with Crippen molar-refractivity contribution in [3.05, 3.63) is 0 Å². The van der Waals surface area contributed by atoms with Crippen LogP contribution in [-0.2, 0) is 19.9 Å². The fourth-order valence-electron chi connectivity index (χ4n) is 0.841. The summed E-state index contributed by atoms with van der Waals surface area (Å²) >= 11 is 0. The van der Waals surface area contributed by atoms with Gasteiger partial charge in [-0.2, -0.15) is 8.42 Å². The summed E-state index contributed by atoms with van der Waals surface area (Å²) in [5.74, 6) is 0. The lowest BCUT2D eigenvalue weighted by atomic mass is 10.3. The molecule has 0 spiro atoms. The summed E-state index contributed by atoms with van der Waals surface area (Å²) in [7, 11) is -4.67. The molecule has 3 N–H and O–H groups in total. The molecule has 0 atom stereocenters. The van der Waals surface area contributed by atoms with E-state index in [-0.39, 0.29) is 6.61 Å². The highest BCUT2D eigenvalue weighted by Crippen LogP contribution is 1.93. The summed E-state index contributed by atoms with van der Waals surface area (Å²) in [5, 5.41) is 8.37. The molecular weight excluding hydrogens is 252 g/mol. The highest BCUT2D eigenvalue weighted by Gasteiger charge is 1.89. The molecule has 0 radical (unpaired) electrons. The van der Waals surface area contributed by atoms with Crippen molar-refractivity contribution in [3.8, 4) is 0 Å². The van der Waals surface area contributed by atoms with E-state index in [1.165, 1.54) is 12.8 Å². The molecule has 0 aromatic carbocycles. The lowest BCUT2D eigenvalue weighted by Gasteiger charge is -2.03. The second-order valence-electron chi connectivity index (χ2n) is 3.10. The fourth-order valence-corrected chi connectivity index (χ4v) is 0.841. The van der Waals surface area contributed by atoms with Crippen LogP contribution in [0.25, 0.3) is 0 Å². The molecule has 0 heterocycles. The molecule has 0 aliphatic carbocycles. The first-order chi connectivity index (χ1) is 7.91. The molecular formula is C9H22O7S. The third kappa shape index (κ3) is 38.9. The monoisotopic (exact) mass is 274 g/mol. The third-order valence-electron chi connectivity index (χ3n) is 1.50. The first-order valence-electron chi connectivity index (χ1n) is 5.38. The zero-order valence-electron chi connectivity index (χ0n) is 10.0. The van der Waals surface area contributed by atoms with Crippen molar-refractivity contribution in [1.29, 1.82) is 0 Å². The number of hydrogen-bond acceptors (Lipinski definition) is 5. The smallest absolute Gasteiger partial charge is 0.394 e. The number of aliphatic hydroxyl groups excluding tert-OH is 1. The van der Waals surface area contributed by atoms with Crippen LogP contribution in [0.3, 0.4) is 0 Å². The van der Waals surface area contributed by atoms with Crippen molar-refractivity contribution in [2.75, 3.05) is 33.0 Å². The number of ether oxygens (including phenoxy) is 2. The normalized spacial score (nSPS) is 10.8. The number of aliphatic hydroxyl groups is 1. The standard InChI is InChI=1S/C9H20O3.H2O4S/c1-2-3-4-6-11-8-9-12-7-5-10;1-5(2,3)4/h10H,2-9H2,1H3;(H2,1,2,3,4). The first-order valence-corrected chi connectivity index (χ1v) is 6.77. The molecule has 0 aromatic heterocycles. The molecule has 0 bridgehead atoms. The van der Waals surface area contributed by atoms with Gasteiger partial charge >= 0.3 is 10.4 Å². The minimum absolute atomic E-state index is 0.0931. The number of hydrogen-bond donors (Lipinski definition) is 3. The van der Waals surface area contributed by atoms with E-state index in [0.29, 0.717) is 19.8 Å². The third-order valence-corrected chi connectivity index (χ3v) is 1.50. The Bertz CT molecular complexity index is 209. The maximum absolute atomic E-state index is 8.74. The van der Waals surface area contributed by atoms with E-state index in [2.05, 4.69) is 6.92 Å². The van der Waals surface area contributed by atoms with Gasteiger partial charge in [0.05, 0.1) is 26.4 Å². The van der Waals surface area contributed by atoms with Crippen LogP contribution in [0.5, 0.6) is 0 Å². The van der Waals surface area contributed by atoms with Gasteiger partial charge in [0.25, 0.3) is 0 Å². The van der Waals surface area contributed by atoms with Crippen LogP contribution in [0.15, 0.2) is 0 Å². The summed E-state index contributed by atoms with van der Waals surface area (Å²) in [5.41, 5.74) is 0. The molecule has 7 nitrogen and oxygen atoms in total. The van der Waals surface area contributed by atoms with Gasteiger partial charge in [0, 0.05) is 6.61 Å². The SMILES string of the molecule is CCCCCOCCOCCO.O=S(=O)(O)O. The Balaban J connectivity index is 0. The first kappa shape index (κ1) is 19.1. The molecule has 0 unspecified atom stereocenters. The van der Waals surface area contributed by atoms with Gasteiger partial charge in [-0.1, -0.05) is 19.8 Å². The zero-order valence-corrected chi connectivity index (χ0v) is 10.9. The molecule has 0 aliphatic rings. The minimum atomic E-state index is -4.67. The van der Waals surface area contributed by atoms with Crippen molar-refractivity contribution >= 4 is 10.4 Å². The Morgan fingerprint density at radius 1 is 0.941 bits per heavy atom. The summed E-state index contributed by atoms with van der Waals surface area (Å²) in [6.45, 7) is 4.74. The van der Waals surface area contributed by atoms with E-state index < -0.39 is 10.4 Å². The van der Waals surface area contributed by atoms with E-state index in [1.807, 2.05) is 0 Å². The van der Waals surface area contributed by atoms with Crippen molar-refractivity contribution in [1.82, 2.24) is 0 Å². The van der Waals surface area contributed by atoms with E-state index in [0.717, 1.165) is 13.0 Å². The topological polar surface area (TPSA) is 113 Å². The van der Waals surface area contributed by atoms with Crippen LogP contribution in [0.1, 0.15) is 26.2 Å². The van der Waals surface area contributed by atoms with Crippen LogP contribution in [0.4, 0.5) is 0 Å². The second-order valence-corrected chi connectivity index (χ2v) is 4.00. The van der Waals surface area contributed by atoms with Crippen molar-refractivity contribution in [2.45, 2.75) is 26.2 Å². The average molecular weight is 274 g/mol. The summed E-state index contributed by atoms with van der Waals surface area (Å²) in [6.07, 6.45) is 3.60. The maximum Gasteiger partial charge on any atom is 0.394 e. The Kier molecular flexibility index (Phi) is 15.5. The van der Waals surface area contributed by atoms with Gasteiger partial charge in [0.1, 0.15) is 0 Å². The lowest BCUT2D eigenvalue weighted by molar-refractivity contribution is 0.0321. The average Bonchev–Trinajstić information content (AvgIpc) is 2.20. The summed E-state index contributed by atoms with van der Waals surface area (Å²) < 4.78 is 41.9. The van der Waals surface area contributed by atoms with Gasteiger partial charge < -0.3 is 14.6 Å². The molecule has 0 saturated carbocycles. The van der Waals surface area contributed by atoms with Crippen LogP contribution in [0.2, 0.25) is 0 Å². The molecule has 17 heavy (non-hydrogen) atoms. The minimum Gasteiger partial charge on any atom is -0.394 e. The molecule has 0 amide bonds. The highest BCUT2D eigenvalue weighted by molar-refractivity contribution is 7.79. The predicted molar refractivity (Wildman–Crippen MR) is 62.4 cm³/mol. The molecule has 0 fully saturated rings. The van der Waals surface area contributed by atoms with Crippen LogP contribution in [-0.4, -0.2) is 55.7 Å². The summed E-state index contributed by atoms with van der Waals surface area (Å²) in [4.78, 5) is 0. The lowest BCUT2D eigenvalue weighted by Crippen LogP contribution is -2.07. The largest absolute Gasteiger partial charge is 0.394 e. The van der Waals surface area contributed by atoms with E-state index in [1.54, 1.807) is 0 Å². The van der Waals surface area contributed by atoms with Crippen molar-refractivity contribution in [3.63, 3.8) is 0 Å². The quantitative estimate of drug-likeness (QED) is 0.415. The van der Waals surface area contributed by atoms with Crippen LogP contribution in [0, 0.1) is 0 Å². The van der Waals surface area contributed by atoms with E-state index >= 15 is 0 Å². The van der Waals surface area contributed by atoms with Crippen molar-refractivity contribution < 1.29 is 32.1 Å². The number of unbranched alkanes of at least 4 members (excludes halogenated alkanes) is 2. The van der Waals surface area contributed by atoms with Crippen LogP contribution >= 0.6 is 0 Å². The Morgan fingerprint density at radius 2 is 1.41 bits per heavy atom. The molecule has 0 saturated heterocycles. The van der Waals surface area contributed by atoms with Gasteiger partial charge in [0.2, 0.25) is 0 Å². The Labute approximate surface area is 102 Å². The van der Waals surface area contributed by atoms with E-state index in [9.17, 15) is 0 Å².